The van der Waals surface area contributed by atoms with Crippen LogP contribution in [0, 0.1) is 5.82 Å². The van der Waals surface area contributed by atoms with Crippen molar-refractivity contribution in [2.24, 2.45) is 0 Å². The van der Waals surface area contributed by atoms with E-state index in [-0.39, 0.29) is 24.6 Å². The Balaban J connectivity index is 2.01. The summed E-state index contributed by atoms with van der Waals surface area (Å²) in [6.07, 6.45) is -0.144. The lowest BCUT2D eigenvalue weighted by Gasteiger charge is -2.29. The number of rotatable bonds is 2. The Morgan fingerprint density at radius 1 is 1.53 bits per heavy atom. The maximum Gasteiger partial charge on any atom is 0.123 e. The van der Waals surface area contributed by atoms with Crippen LogP contribution >= 0.6 is 0 Å². The van der Waals surface area contributed by atoms with Crippen molar-refractivity contribution in [3.8, 4) is 0 Å². The molecule has 2 unspecified atom stereocenters. The van der Waals surface area contributed by atoms with Gasteiger partial charge >= 0.3 is 0 Å². The SMILES string of the molecule is OCC1CNC(c2cccc(F)c2)CO1. The van der Waals surface area contributed by atoms with Gasteiger partial charge in [0.1, 0.15) is 5.82 Å². The van der Waals surface area contributed by atoms with E-state index < -0.39 is 0 Å². The highest BCUT2D eigenvalue weighted by Gasteiger charge is 2.21. The predicted molar refractivity (Wildman–Crippen MR) is 54.0 cm³/mol. The molecule has 1 aromatic rings. The van der Waals surface area contributed by atoms with Crippen LogP contribution in [0.5, 0.6) is 0 Å². The van der Waals surface area contributed by atoms with Gasteiger partial charge in [0.25, 0.3) is 0 Å². The molecule has 0 radical (unpaired) electrons. The van der Waals surface area contributed by atoms with E-state index in [1.807, 2.05) is 6.07 Å². The highest BCUT2D eigenvalue weighted by atomic mass is 19.1. The first-order chi connectivity index (χ1) is 7.29. The molecule has 3 nitrogen and oxygen atoms in total. The average Bonchev–Trinajstić information content (AvgIpc) is 2.29. The van der Waals surface area contributed by atoms with Gasteiger partial charge in [0, 0.05) is 6.54 Å². The Bertz CT molecular complexity index is 324. The number of ether oxygens (including phenoxy) is 1. The summed E-state index contributed by atoms with van der Waals surface area (Å²) >= 11 is 0. The Morgan fingerprint density at radius 3 is 3.00 bits per heavy atom. The lowest BCUT2D eigenvalue weighted by molar-refractivity contribution is -0.0259. The van der Waals surface area contributed by atoms with Crippen molar-refractivity contribution in [2.45, 2.75) is 12.1 Å². The van der Waals surface area contributed by atoms with Crippen molar-refractivity contribution >= 4 is 0 Å². The lowest BCUT2D eigenvalue weighted by atomic mass is 10.1. The van der Waals surface area contributed by atoms with E-state index >= 15 is 0 Å². The molecule has 2 N–H and O–H groups in total. The summed E-state index contributed by atoms with van der Waals surface area (Å²) in [5, 5.41) is 12.1. The van der Waals surface area contributed by atoms with Crippen molar-refractivity contribution in [3.05, 3.63) is 35.6 Å². The van der Waals surface area contributed by atoms with Gasteiger partial charge in [-0.2, -0.15) is 0 Å². The largest absolute Gasteiger partial charge is 0.394 e. The summed E-state index contributed by atoms with van der Waals surface area (Å²) in [6.45, 7) is 1.08. The van der Waals surface area contributed by atoms with Crippen LogP contribution in [0.15, 0.2) is 24.3 Å². The zero-order valence-corrected chi connectivity index (χ0v) is 8.32. The molecule has 1 saturated heterocycles. The molecular formula is C11H14FNO2. The normalized spacial score (nSPS) is 26.5. The molecule has 4 heteroatoms. The van der Waals surface area contributed by atoms with Gasteiger partial charge in [-0.15, -0.1) is 0 Å². The number of benzene rings is 1. The molecule has 1 aromatic carbocycles. The fourth-order valence-electron chi connectivity index (χ4n) is 1.68. The van der Waals surface area contributed by atoms with Gasteiger partial charge in [-0.25, -0.2) is 4.39 Å². The minimum atomic E-state index is -0.237. The smallest absolute Gasteiger partial charge is 0.123 e. The van der Waals surface area contributed by atoms with Crippen LogP contribution in [0.1, 0.15) is 11.6 Å². The fourth-order valence-corrected chi connectivity index (χ4v) is 1.68. The summed E-state index contributed by atoms with van der Waals surface area (Å²) in [4.78, 5) is 0. The van der Waals surface area contributed by atoms with Crippen LogP contribution in [0.2, 0.25) is 0 Å². The summed E-state index contributed by atoms with van der Waals surface area (Å²) in [5.74, 6) is -0.237. The molecule has 15 heavy (non-hydrogen) atoms. The zero-order chi connectivity index (χ0) is 10.7. The van der Waals surface area contributed by atoms with Gasteiger partial charge in [0.05, 0.1) is 25.4 Å². The fraction of sp³-hybridized carbons (Fsp3) is 0.455. The van der Waals surface area contributed by atoms with E-state index in [2.05, 4.69) is 5.32 Å². The maximum atomic E-state index is 13.0. The third-order valence-corrected chi connectivity index (χ3v) is 2.55. The van der Waals surface area contributed by atoms with E-state index in [0.717, 1.165) is 5.56 Å². The first kappa shape index (κ1) is 10.5. The van der Waals surface area contributed by atoms with Crippen LogP contribution in [-0.4, -0.2) is 31.0 Å². The standard InChI is InChI=1S/C11H14FNO2/c12-9-3-1-2-8(4-9)11-7-15-10(6-14)5-13-11/h1-4,10-11,13-14H,5-7H2. The van der Waals surface area contributed by atoms with Crippen molar-refractivity contribution < 1.29 is 14.2 Å². The highest BCUT2D eigenvalue weighted by Crippen LogP contribution is 2.18. The molecule has 0 amide bonds. The minimum absolute atomic E-state index is 0.0167. The summed E-state index contributed by atoms with van der Waals surface area (Å²) in [5.41, 5.74) is 0.881. The van der Waals surface area contributed by atoms with Gasteiger partial charge in [0.15, 0.2) is 0 Å². The second-order valence-electron chi connectivity index (χ2n) is 3.65. The summed E-state index contributed by atoms with van der Waals surface area (Å²) in [7, 11) is 0. The number of nitrogens with one attached hydrogen (secondary N) is 1. The Morgan fingerprint density at radius 2 is 2.40 bits per heavy atom. The second kappa shape index (κ2) is 4.70. The molecule has 1 fully saturated rings. The monoisotopic (exact) mass is 211 g/mol. The number of hydrogen-bond acceptors (Lipinski definition) is 3. The Hall–Kier alpha value is -0.970. The van der Waals surface area contributed by atoms with E-state index in [1.165, 1.54) is 12.1 Å². The molecule has 0 aromatic heterocycles. The average molecular weight is 211 g/mol. The summed E-state index contributed by atoms with van der Waals surface area (Å²) < 4.78 is 18.4. The number of aliphatic hydroxyl groups is 1. The molecule has 1 aliphatic heterocycles. The third-order valence-electron chi connectivity index (χ3n) is 2.55. The van der Waals surface area contributed by atoms with Gasteiger partial charge < -0.3 is 15.2 Å². The van der Waals surface area contributed by atoms with Crippen LogP contribution < -0.4 is 5.32 Å². The quantitative estimate of drug-likeness (QED) is 0.762. The zero-order valence-electron chi connectivity index (χ0n) is 8.32. The molecule has 0 aliphatic carbocycles. The lowest BCUT2D eigenvalue weighted by Crippen LogP contribution is -2.42. The van der Waals surface area contributed by atoms with E-state index in [1.54, 1.807) is 6.07 Å². The van der Waals surface area contributed by atoms with Gasteiger partial charge in [-0.1, -0.05) is 12.1 Å². The topological polar surface area (TPSA) is 41.5 Å². The van der Waals surface area contributed by atoms with Crippen LogP contribution in [0.25, 0.3) is 0 Å². The first-order valence-electron chi connectivity index (χ1n) is 5.01. The van der Waals surface area contributed by atoms with Crippen molar-refractivity contribution in [1.29, 1.82) is 0 Å². The first-order valence-corrected chi connectivity index (χ1v) is 5.01. The molecule has 82 valence electrons. The van der Waals surface area contributed by atoms with Crippen molar-refractivity contribution in [2.75, 3.05) is 19.8 Å². The van der Waals surface area contributed by atoms with E-state index in [0.29, 0.717) is 13.2 Å². The van der Waals surface area contributed by atoms with Gasteiger partial charge in [0.2, 0.25) is 0 Å². The molecule has 1 heterocycles. The Kier molecular flexibility index (Phi) is 3.30. The predicted octanol–water partition coefficient (Wildman–Crippen LogP) is 0.847. The van der Waals surface area contributed by atoms with E-state index in [9.17, 15) is 4.39 Å². The molecule has 1 aliphatic rings. The van der Waals surface area contributed by atoms with Crippen LogP contribution in [0.4, 0.5) is 4.39 Å². The van der Waals surface area contributed by atoms with Gasteiger partial charge in [-0.05, 0) is 17.7 Å². The molecule has 0 saturated carbocycles. The minimum Gasteiger partial charge on any atom is -0.394 e. The third kappa shape index (κ3) is 2.53. The van der Waals surface area contributed by atoms with Gasteiger partial charge in [-0.3, -0.25) is 0 Å². The number of halogens is 1. The van der Waals surface area contributed by atoms with E-state index in [4.69, 9.17) is 9.84 Å². The molecule has 0 spiro atoms. The van der Waals surface area contributed by atoms with Crippen LogP contribution in [0.3, 0.4) is 0 Å². The number of hydrogen-bond donors (Lipinski definition) is 2. The molecule has 2 rings (SSSR count). The maximum absolute atomic E-state index is 13.0. The number of aliphatic hydroxyl groups excluding tert-OH is 1. The molecule has 0 bridgehead atoms. The van der Waals surface area contributed by atoms with Crippen molar-refractivity contribution in [3.63, 3.8) is 0 Å². The van der Waals surface area contributed by atoms with Crippen LogP contribution in [-0.2, 0) is 4.74 Å². The molecule has 2 atom stereocenters. The number of morpholine rings is 1. The molecular weight excluding hydrogens is 197 g/mol. The highest BCUT2D eigenvalue weighted by molar-refractivity contribution is 5.20. The van der Waals surface area contributed by atoms with Crippen molar-refractivity contribution in [1.82, 2.24) is 5.32 Å². The second-order valence-corrected chi connectivity index (χ2v) is 3.65. The Labute approximate surface area is 87.9 Å². The summed E-state index contributed by atoms with van der Waals surface area (Å²) in [6, 6.07) is 6.49.